The summed E-state index contributed by atoms with van der Waals surface area (Å²) in [5.41, 5.74) is 4.69. The lowest BCUT2D eigenvalue weighted by molar-refractivity contribution is -0.119. The van der Waals surface area contributed by atoms with Crippen LogP contribution in [0.5, 0.6) is 5.75 Å². The number of methoxy groups -OCH3 is 1. The second kappa shape index (κ2) is 9.90. The molecule has 3 rings (SSSR count). The van der Waals surface area contributed by atoms with Crippen LogP contribution < -0.4 is 14.5 Å². The molecule has 0 aliphatic heterocycles. The molecular formula is C23H23N3O4S. The second-order valence-electron chi connectivity index (χ2n) is 6.73. The monoisotopic (exact) mass is 437 g/mol. The molecule has 0 unspecified atom stereocenters. The van der Waals surface area contributed by atoms with Crippen LogP contribution in [0.1, 0.15) is 11.1 Å². The van der Waals surface area contributed by atoms with Crippen LogP contribution in [0, 0.1) is 6.92 Å². The van der Waals surface area contributed by atoms with Crippen LogP contribution in [0.15, 0.2) is 88.9 Å². The highest BCUT2D eigenvalue weighted by Crippen LogP contribution is 2.24. The van der Waals surface area contributed by atoms with E-state index in [0.717, 1.165) is 15.4 Å². The largest absolute Gasteiger partial charge is 0.497 e. The maximum atomic E-state index is 13.3. The van der Waals surface area contributed by atoms with Crippen LogP contribution in [0.25, 0.3) is 0 Å². The molecular weight excluding hydrogens is 414 g/mol. The number of nitrogens with one attached hydrogen (secondary N) is 1. The number of carbonyl (C=O) groups is 1. The van der Waals surface area contributed by atoms with Gasteiger partial charge < -0.3 is 4.74 Å². The highest BCUT2D eigenvalue weighted by Gasteiger charge is 2.27. The third-order valence-electron chi connectivity index (χ3n) is 4.46. The fourth-order valence-electron chi connectivity index (χ4n) is 2.78. The fourth-order valence-corrected chi connectivity index (χ4v) is 4.20. The lowest BCUT2D eigenvalue weighted by atomic mass is 10.2. The lowest BCUT2D eigenvalue weighted by Gasteiger charge is -2.23. The molecule has 0 heterocycles. The van der Waals surface area contributed by atoms with E-state index < -0.39 is 22.5 Å². The highest BCUT2D eigenvalue weighted by atomic mass is 32.2. The number of rotatable bonds is 8. The van der Waals surface area contributed by atoms with Gasteiger partial charge in [0.2, 0.25) is 0 Å². The Bertz CT molecular complexity index is 1140. The zero-order valence-electron chi connectivity index (χ0n) is 17.2. The molecule has 1 amide bonds. The van der Waals surface area contributed by atoms with E-state index in [1.807, 2.05) is 31.2 Å². The molecule has 0 fully saturated rings. The smallest absolute Gasteiger partial charge is 0.264 e. The van der Waals surface area contributed by atoms with Gasteiger partial charge in [0.15, 0.2) is 0 Å². The quantitative estimate of drug-likeness (QED) is 0.432. The molecule has 0 atom stereocenters. The van der Waals surface area contributed by atoms with E-state index in [-0.39, 0.29) is 4.90 Å². The average molecular weight is 438 g/mol. The molecule has 0 saturated carbocycles. The maximum absolute atomic E-state index is 13.3. The number of para-hydroxylation sites is 1. The van der Waals surface area contributed by atoms with E-state index in [4.69, 9.17) is 4.74 Å². The Hall–Kier alpha value is -3.65. The second-order valence-corrected chi connectivity index (χ2v) is 8.59. The van der Waals surface area contributed by atoms with Crippen molar-refractivity contribution in [3.05, 3.63) is 90.0 Å². The van der Waals surface area contributed by atoms with Crippen molar-refractivity contribution in [2.75, 3.05) is 18.0 Å². The van der Waals surface area contributed by atoms with Crippen molar-refractivity contribution >= 4 is 27.8 Å². The Morgan fingerprint density at radius 1 is 1.00 bits per heavy atom. The zero-order valence-corrected chi connectivity index (χ0v) is 18.0. The van der Waals surface area contributed by atoms with Crippen LogP contribution in [-0.2, 0) is 14.8 Å². The number of amides is 1. The highest BCUT2D eigenvalue weighted by molar-refractivity contribution is 7.92. The van der Waals surface area contributed by atoms with Gasteiger partial charge in [0, 0.05) is 0 Å². The molecule has 0 aliphatic carbocycles. The number of aryl methyl sites for hydroxylation is 1. The number of ether oxygens (including phenoxy) is 1. The van der Waals surface area contributed by atoms with Crippen molar-refractivity contribution in [3.8, 4) is 5.75 Å². The Balaban J connectivity index is 1.80. The van der Waals surface area contributed by atoms with Gasteiger partial charge in [0.25, 0.3) is 15.9 Å². The minimum atomic E-state index is -3.99. The molecule has 31 heavy (non-hydrogen) atoms. The number of benzene rings is 3. The first-order chi connectivity index (χ1) is 14.9. The molecule has 3 aromatic carbocycles. The normalized spacial score (nSPS) is 11.3. The minimum absolute atomic E-state index is 0.0492. The van der Waals surface area contributed by atoms with Crippen LogP contribution in [0.2, 0.25) is 0 Å². The lowest BCUT2D eigenvalue weighted by Crippen LogP contribution is -2.39. The van der Waals surface area contributed by atoms with Gasteiger partial charge in [0.05, 0.1) is 23.9 Å². The van der Waals surface area contributed by atoms with Crippen molar-refractivity contribution < 1.29 is 17.9 Å². The van der Waals surface area contributed by atoms with E-state index in [0.29, 0.717) is 11.4 Å². The van der Waals surface area contributed by atoms with Crippen molar-refractivity contribution in [2.45, 2.75) is 11.8 Å². The predicted octanol–water partition coefficient (Wildman–Crippen LogP) is 3.35. The topological polar surface area (TPSA) is 88.1 Å². The molecule has 0 aliphatic rings. The number of nitrogens with zero attached hydrogens (tertiary/aromatic N) is 2. The summed E-state index contributed by atoms with van der Waals surface area (Å²) >= 11 is 0. The molecule has 7 nitrogen and oxygen atoms in total. The minimum Gasteiger partial charge on any atom is -0.497 e. The van der Waals surface area contributed by atoms with Crippen LogP contribution in [-0.4, -0.2) is 34.2 Å². The Morgan fingerprint density at radius 3 is 2.26 bits per heavy atom. The molecule has 8 heteroatoms. The first kappa shape index (κ1) is 22.0. The summed E-state index contributed by atoms with van der Waals surface area (Å²) in [6.07, 6.45) is 1.50. The van der Waals surface area contributed by atoms with E-state index >= 15 is 0 Å². The number of anilines is 1. The average Bonchev–Trinajstić information content (AvgIpc) is 2.79. The molecule has 3 aromatic rings. The van der Waals surface area contributed by atoms with Crippen molar-refractivity contribution in [1.29, 1.82) is 0 Å². The zero-order chi connectivity index (χ0) is 22.3. The Labute approximate surface area is 182 Å². The SMILES string of the molecule is COc1ccc(S(=O)(=O)N(CC(=O)N/N=C\c2ccc(C)cc2)c2ccccc2)cc1. The van der Waals surface area contributed by atoms with Gasteiger partial charge >= 0.3 is 0 Å². The number of sulfonamides is 1. The fraction of sp³-hybridized carbons (Fsp3) is 0.130. The van der Waals surface area contributed by atoms with Gasteiger partial charge in [-0.05, 0) is 48.9 Å². The van der Waals surface area contributed by atoms with Crippen LogP contribution in [0.4, 0.5) is 5.69 Å². The van der Waals surface area contributed by atoms with Crippen LogP contribution >= 0.6 is 0 Å². The van der Waals surface area contributed by atoms with Gasteiger partial charge in [-0.25, -0.2) is 13.8 Å². The van der Waals surface area contributed by atoms with Crippen molar-refractivity contribution in [3.63, 3.8) is 0 Å². The van der Waals surface area contributed by atoms with Crippen LogP contribution in [0.3, 0.4) is 0 Å². The Morgan fingerprint density at radius 2 is 1.65 bits per heavy atom. The number of hydrogen-bond acceptors (Lipinski definition) is 5. The van der Waals surface area contributed by atoms with Crippen molar-refractivity contribution in [1.82, 2.24) is 5.43 Å². The molecule has 0 aromatic heterocycles. The first-order valence-corrected chi connectivity index (χ1v) is 10.9. The molecule has 0 spiro atoms. The molecule has 160 valence electrons. The molecule has 1 N–H and O–H groups in total. The summed E-state index contributed by atoms with van der Waals surface area (Å²) in [5.74, 6) is -0.0299. The summed E-state index contributed by atoms with van der Waals surface area (Å²) in [7, 11) is -2.49. The van der Waals surface area contributed by atoms with Gasteiger partial charge in [-0.2, -0.15) is 5.10 Å². The summed E-state index contributed by atoms with van der Waals surface area (Å²) < 4.78 is 32.7. The van der Waals surface area contributed by atoms with E-state index in [2.05, 4.69) is 10.5 Å². The first-order valence-electron chi connectivity index (χ1n) is 9.50. The summed E-state index contributed by atoms with van der Waals surface area (Å²) in [6, 6.07) is 22.0. The summed E-state index contributed by atoms with van der Waals surface area (Å²) in [6.45, 7) is 1.55. The van der Waals surface area contributed by atoms with E-state index in [1.165, 1.54) is 25.5 Å². The third kappa shape index (κ3) is 5.70. The standard InChI is InChI=1S/C23H23N3O4S/c1-18-8-10-19(11-9-18)16-24-25-23(27)17-26(20-6-4-3-5-7-20)31(28,29)22-14-12-21(30-2)13-15-22/h3-16H,17H2,1-2H3,(H,25,27)/b24-16-. The number of carbonyl (C=O) groups excluding carboxylic acids is 1. The maximum Gasteiger partial charge on any atom is 0.264 e. The van der Waals surface area contributed by atoms with Gasteiger partial charge in [-0.3, -0.25) is 9.10 Å². The van der Waals surface area contributed by atoms with Gasteiger partial charge in [0.1, 0.15) is 12.3 Å². The Kier molecular flexibility index (Phi) is 7.04. The number of hydrazone groups is 1. The predicted molar refractivity (Wildman–Crippen MR) is 121 cm³/mol. The van der Waals surface area contributed by atoms with Gasteiger partial charge in [-0.15, -0.1) is 0 Å². The summed E-state index contributed by atoms with van der Waals surface area (Å²) in [4.78, 5) is 12.5. The van der Waals surface area contributed by atoms with E-state index in [1.54, 1.807) is 42.5 Å². The van der Waals surface area contributed by atoms with Crippen molar-refractivity contribution in [2.24, 2.45) is 5.10 Å². The molecule has 0 bridgehead atoms. The number of hydrogen-bond donors (Lipinski definition) is 1. The van der Waals surface area contributed by atoms with E-state index in [9.17, 15) is 13.2 Å². The third-order valence-corrected chi connectivity index (χ3v) is 6.25. The summed E-state index contributed by atoms with van der Waals surface area (Å²) in [5, 5.41) is 3.93. The molecule has 0 saturated heterocycles. The molecule has 0 radical (unpaired) electrons. The van der Waals surface area contributed by atoms with Gasteiger partial charge in [-0.1, -0.05) is 48.0 Å².